The predicted molar refractivity (Wildman–Crippen MR) is 81.3 cm³/mol. The number of rotatable bonds is 6. The Labute approximate surface area is 121 Å². The average molecular weight is 275 g/mol. The molecule has 1 atom stereocenters. The first-order valence-corrected chi connectivity index (χ1v) is 7.52. The molecule has 1 aliphatic heterocycles. The second kappa shape index (κ2) is 7.41. The first kappa shape index (κ1) is 15.0. The Morgan fingerprint density at radius 2 is 2.15 bits per heavy atom. The van der Waals surface area contributed by atoms with E-state index >= 15 is 0 Å². The largest absolute Gasteiger partial charge is 0.368 e. The number of primary amides is 1. The first-order valence-electron chi connectivity index (χ1n) is 7.52. The summed E-state index contributed by atoms with van der Waals surface area (Å²) in [6, 6.07) is 8.33. The minimum absolute atomic E-state index is 0.250. The predicted octanol–water partition coefficient (Wildman–Crippen LogP) is 1.29. The third-order valence-corrected chi connectivity index (χ3v) is 3.86. The van der Waals surface area contributed by atoms with E-state index in [0.717, 1.165) is 38.9 Å². The van der Waals surface area contributed by atoms with Crippen LogP contribution in [-0.2, 0) is 17.8 Å². The lowest BCUT2D eigenvalue weighted by molar-refractivity contribution is -0.120. The summed E-state index contributed by atoms with van der Waals surface area (Å²) >= 11 is 0. The van der Waals surface area contributed by atoms with Gasteiger partial charge in [0.1, 0.15) is 0 Å². The maximum absolute atomic E-state index is 11.5. The number of nitrogens with zero attached hydrogens (tertiary/aromatic N) is 1. The van der Waals surface area contributed by atoms with Gasteiger partial charge in [-0.15, -0.1) is 0 Å². The lowest BCUT2D eigenvalue weighted by Gasteiger charge is -2.25. The van der Waals surface area contributed by atoms with E-state index in [1.54, 1.807) is 0 Å². The molecular weight excluding hydrogens is 250 g/mol. The van der Waals surface area contributed by atoms with Crippen LogP contribution in [0.1, 0.15) is 30.9 Å². The third kappa shape index (κ3) is 4.05. The number of aryl methyl sites for hydroxylation is 1. The van der Waals surface area contributed by atoms with Crippen LogP contribution in [0.2, 0.25) is 0 Å². The van der Waals surface area contributed by atoms with Crippen molar-refractivity contribution in [2.24, 2.45) is 5.73 Å². The van der Waals surface area contributed by atoms with Crippen LogP contribution < -0.4 is 11.1 Å². The highest BCUT2D eigenvalue weighted by molar-refractivity contribution is 5.80. The topological polar surface area (TPSA) is 58.4 Å². The van der Waals surface area contributed by atoms with Gasteiger partial charge in [-0.25, -0.2) is 0 Å². The fourth-order valence-electron chi connectivity index (χ4n) is 2.76. The van der Waals surface area contributed by atoms with Crippen LogP contribution in [0, 0.1) is 0 Å². The fourth-order valence-corrected chi connectivity index (χ4v) is 2.76. The van der Waals surface area contributed by atoms with Gasteiger partial charge in [-0.2, -0.15) is 0 Å². The van der Waals surface area contributed by atoms with Crippen molar-refractivity contribution in [2.45, 2.75) is 38.8 Å². The molecule has 1 unspecified atom stereocenters. The van der Waals surface area contributed by atoms with E-state index in [1.807, 2.05) is 0 Å². The van der Waals surface area contributed by atoms with E-state index in [9.17, 15) is 4.79 Å². The van der Waals surface area contributed by atoms with E-state index in [4.69, 9.17) is 5.73 Å². The van der Waals surface area contributed by atoms with Gasteiger partial charge in [0.2, 0.25) is 5.91 Å². The van der Waals surface area contributed by atoms with Crippen LogP contribution in [0.25, 0.3) is 0 Å². The van der Waals surface area contributed by atoms with Crippen LogP contribution >= 0.6 is 0 Å². The first-order chi connectivity index (χ1) is 9.70. The molecule has 0 aliphatic carbocycles. The van der Waals surface area contributed by atoms with Gasteiger partial charge in [0.15, 0.2) is 0 Å². The molecule has 0 saturated carbocycles. The number of carbonyl (C=O) groups is 1. The van der Waals surface area contributed by atoms with Crippen molar-refractivity contribution in [3.8, 4) is 0 Å². The number of nitrogens with two attached hydrogens (primary N) is 1. The lowest BCUT2D eigenvalue weighted by Crippen LogP contribution is -2.49. The van der Waals surface area contributed by atoms with Gasteiger partial charge < -0.3 is 11.1 Å². The quantitative estimate of drug-likeness (QED) is 0.822. The Kier molecular flexibility index (Phi) is 5.56. The molecule has 20 heavy (non-hydrogen) atoms. The normalized spacial score (nSPS) is 17.2. The number of benzene rings is 1. The van der Waals surface area contributed by atoms with Crippen molar-refractivity contribution in [3.05, 3.63) is 35.4 Å². The minimum atomic E-state index is -0.254. The Morgan fingerprint density at radius 1 is 1.40 bits per heavy atom. The number of fused-ring (bicyclic) bond motifs is 1. The van der Waals surface area contributed by atoms with Crippen molar-refractivity contribution in [1.29, 1.82) is 0 Å². The van der Waals surface area contributed by atoms with Gasteiger partial charge in [0.05, 0.1) is 6.04 Å². The van der Waals surface area contributed by atoms with Crippen LogP contribution in [0.3, 0.4) is 0 Å². The number of nitrogens with one attached hydrogen (secondary N) is 1. The van der Waals surface area contributed by atoms with Gasteiger partial charge in [-0.05, 0) is 43.5 Å². The minimum Gasteiger partial charge on any atom is -0.368 e. The molecule has 4 nitrogen and oxygen atoms in total. The molecule has 0 spiro atoms. The van der Waals surface area contributed by atoms with Gasteiger partial charge in [-0.1, -0.05) is 31.2 Å². The zero-order valence-electron chi connectivity index (χ0n) is 12.3. The second-order valence-corrected chi connectivity index (χ2v) is 5.52. The van der Waals surface area contributed by atoms with E-state index in [1.165, 1.54) is 11.1 Å². The van der Waals surface area contributed by atoms with E-state index in [0.29, 0.717) is 6.54 Å². The van der Waals surface area contributed by atoms with E-state index < -0.39 is 0 Å². The summed E-state index contributed by atoms with van der Waals surface area (Å²) in [6.07, 6.45) is 3.26. The van der Waals surface area contributed by atoms with Gasteiger partial charge >= 0.3 is 0 Å². The highest BCUT2D eigenvalue weighted by Gasteiger charge is 2.21. The highest BCUT2D eigenvalue weighted by atomic mass is 16.1. The molecular formula is C16H25N3O. The Bertz CT molecular complexity index is 447. The zero-order chi connectivity index (χ0) is 14.4. The summed E-state index contributed by atoms with van der Waals surface area (Å²) in [5, 5.41) is 3.24. The van der Waals surface area contributed by atoms with Crippen LogP contribution in [-0.4, -0.2) is 36.5 Å². The average Bonchev–Trinajstić information content (AvgIpc) is 2.64. The number of carbonyl (C=O) groups excluding carboxylic acids is 1. The molecule has 1 aromatic rings. The molecule has 0 aromatic heterocycles. The zero-order valence-corrected chi connectivity index (χ0v) is 12.3. The molecule has 0 saturated heterocycles. The SMILES string of the molecule is CCCNC(CN1CCCc2ccccc2C1)C(N)=O. The van der Waals surface area contributed by atoms with Gasteiger partial charge in [-0.3, -0.25) is 9.69 Å². The summed E-state index contributed by atoms with van der Waals surface area (Å²) in [7, 11) is 0. The Hall–Kier alpha value is -1.39. The molecule has 3 N–H and O–H groups in total. The summed E-state index contributed by atoms with van der Waals surface area (Å²) in [5.74, 6) is -0.254. The molecule has 1 heterocycles. The molecule has 1 aliphatic rings. The maximum atomic E-state index is 11.5. The van der Waals surface area contributed by atoms with Crippen molar-refractivity contribution < 1.29 is 4.79 Å². The molecule has 0 bridgehead atoms. The van der Waals surface area contributed by atoms with Gasteiger partial charge in [0.25, 0.3) is 0 Å². The number of hydrogen-bond acceptors (Lipinski definition) is 3. The smallest absolute Gasteiger partial charge is 0.235 e. The molecule has 0 fully saturated rings. The summed E-state index contributed by atoms with van der Waals surface area (Å²) < 4.78 is 0. The Morgan fingerprint density at radius 3 is 2.85 bits per heavy atom. The standard InChI is InChI=1S/C16H25N3O/c1-2-9-18-15(16(17)20)12-19-10-5-8-13-6-3-4-7-14(13)11-19/h3-4,6-7,15,18H,2,5,8-12H2,1H3,(H2,17,20). The van der Waals surface area contributed by atoms with Crippen molar-refractivity contribution in [2.75, 3.05) is 19.6 Å². The molecule has 1 aromatic carbocycles. The number of hydrogen-bond donors (Lipinski definition) is 2. The monoisotopic (exact) mass is 275 g/mol. The highest BCUT2D eigenvalue weighted by Crippen LogP contribution is 2.18. The number of amides is 1. The van der Waals surface area contributed by atoms with Crippen molar-refractivity contribution in [3.63, 3.8) is 0 Å². The second-order valence-electron chi connectivity index (χ2n) is 5.52. The van der Waals surface area contributed by atoms with Crippen LogP contribution in [0.4, 0.5) is 0 Å². The third-order valence-electron chi connectivity index (χ3n) is 3.86. The van der Waals surface area contributed by atoms with Crippen molar-refractivity contribution in [1.82, 2.24) is 10.2 Å². The Balaban J connectivity index is 2.00. The van der Waals surface area contributed by atoms with E-state index in [2.05, 4.69) is 41.4 Å². The molecule has 110 valence electrons. The lowest BCUT2D eigenvalue weighted by atomic mass is 10.0. The van der Waals surface area contributed by atoms with Crippen molar-refractivity contribution >= 4 is 5.91 Å². The van der Waals surface area contributed by atoms with E-state index in [-0.39, 0.29) is 11.9 Å². The summed E-state index contributed by atoms with van der Waals surface area (Å²) in [4.78, 5) is 13.9. The summed E-state index contributed by atoms with van der Waals surface area (Å²) in [5.41, 5.74) is 8.32. The molecule has 4 heteroatoms. The maximum Gasteiger partial charge on any atom is 0.235 e. The molecule has 0 radical (unpaired) electrons. The van der Waals surface area contributed by atoms with Crippen LogP contribution in [0.5, 0.6) is 0 Å². The summed E-state index contributed by atoms with van der Waals surface area (Å²) in [6.45, 7) is 5.55. The van der Waals surface area contributed by atoms with Crippen LogP contribution in [0.15, 0.2) is 24.3 Å². The molecule has 1 amide bonds. The fraction of sp³-hybridized carbons (Fsp3) is 0.562. The van der Waals surface area contributed by atoms with Gasteiger partial charge in [0, 0.05) is 13.1 Å². The molecule has 2 rings (SSSR count).